The molecule has 10 nitrogen and oxygen atoms in total. The molecule has 30 heavy (non-hydrogen) atoms. The van der Waals surface area contributed by atoms with Crippen LogP contribution in [0.2, 0.25) is 0 Å². The van der Waals surface area contributed by atoms with Crippen LogP contribution >= 0.6 is 0 Å². The van der Waals surface area contributed by atoms with E-state index in [1.54, 1.807) is 13.0 Å². The van der Waals surface area contributed by atoms with Crippen molar-refractivity contribution in [3.63, 3.8) is 0 Å². The molecule has 0 radical (unpaired) electrons. The number of hydrogen-bond donors (Lipinski definition) is 3. The monoisotopic (exact) mass is 417 g/mol. The number of pyridine rings is 1. The first-order valence-corrected chi connectivity index (χ1v) is 10.2. The lowest BCUT2D eigenvalue weighted by atomic mass is 10.1. The molecule has 0 bridgehead atoms. The number of ether oxygens (including phenoxy) is 1. The maximum absolute atomic E-state index is 12.9. The third-order valence-corrected chi connectivity index (χ3v) is 4.71. The molecule has 3 N–H and O–H groups in total. The van der Waals surface area contributed by atoms with Crippen molar-refractivity contribution in [2.45, 2.75) is 46.1 Å². The van der Waals surface area contributed by atoms with Gasteiger partial charge in [0.25, 0.3) is 11.5 Å². The molecule has 1 fully saturated rings. The summed E-state index contributed by atoms with van der Waals surface area (Å²) in [7, 11) is 0. The Morgan fingerprint density at radius 2 is 1.97 bits per heavy atom. The van der Waals surface area contributed by atoms with E-state index in [-0.39, 0.29) is 48.1 Å². The highest BCUT2D eigenvalue weighted by atomic mass is 16.5. The summed E-state index contributed by atoms with van der Waals surface area (Å²) in [6.45, 7) is 6.57. The molecule has 0 atom stereocenters. The Kier molecular flexibility index (Phi) is 6.53. The van der Waals surface area contributed by atoms with E-state index in [9.17, 15) is 19.2 Å². The van der Waals surface area contributed by atoms with Crippen LogP contribution in [0.3, 0.4) is 0 Å². The Labute approximate surface area is 173 Å². The van der Waals surface area contributed by atoms with Crippen molar-refractivity contribution in [2.24, 2.45) is 5.92 Å². The molecule has 0 aliphatic heterocycles. The topological polar surface area (TPSA) is 135 Å². The zero-order valence-electron chi connectivity index (χ0n) is 17.4. The second kappa shape index (κ2) is 9.10. The average Bonchev–Trinajstić information content (AvgIpc) is 3.52. The fourth-order valence-electron chi connectivity index (χ4n) is 3.21. The molecule has 162 valence electrons. The Bertz CT molecular complexity index is 1070. The minimum atomic E-state index is -0.639. The summed E-state index contributed by atoms with van der Waals surface area (Å²) in [5.41, 5.74) is -0.0560. The smallest absolute Gasteiger partial charge is 0.407 e. The van der Waals surface area contributed by atoms with Crippen LogP contribution in [-0.2, 0) is 11.3 Å². The summed E-state index contributed by atoms with van der Waals surface area (Å²) in [5.74, 6) is -0.0852. The van der Waals surface area contributed by atoms with Gasteiger partial charge in [0.05, 0.1) is 17.6 Å². The average molecular weight is 417 g/mol. The van der Waals surface area contributed by atoms with Crippen LogP contribution in [0.5, 0.6) is 0 Å². The van der Waals surface area contributed by atoms with Gasteiger partial charge >= 0.3 is 11.8 Å². The normalized spacial score (nSPS) is 13.5. The van der Waals surface area contributed by atoms with Gasteiger partial charge in [-0.05, 0) is 31.7 Å². The van der Waals surface area contributed by atoms with E-state index >= 15 is 0 Å². The van der Waals surface area contributed by atoms with Crippen molar-refractivity contribution in [1.29, 1.82) is 0 Å². The first-order valence-electron chi connectivity index (χ1n) is 10.2. The van der Waals surface area contributed by atoms with Crippen LogP contribution in [0.25, 0.3) is 11.0 Å². The molecule has 2 aromatic rings. The highest BCUT2D eigenvalue weighted by Gasteiger charge is 2.28. The number of H-pyrrole nitrogens is 1. The van der Waals surface area contributed by atoms with Gasteiger partial charge in [0.1, 0.15) is 0 Å². The maximum atomic E-state index is 12.9. The van der Waals surface area contributed by atoms with E-state index in [2.05, 4.69) is 20.6 Å². The van der Waals surface area contributed by atoms with Gasteiger partial charge in [-0.2, -0.15) is 0 Å². The van der Waals surface area contributed by atoms with Gasteiger partial charge < -0.3 is 15.4 Å². The number of hydrogen-bond acceptors (Lipinski definition) is 6. The van der Waals surface area contributed by atoms with Crippen molar-refractivity contribution < 1.29 is 14.3 Å². The van der Waals surface area contributed by atoms with Gasteiger partial charge in [0.2, 0.25) is 0 Å². The molecule has 10 heteroatoms. The van der Waals surface area contributed by atoms with E-state index < -0.39 is 23.2 Å². The van der Waals surface area contributed by atoms with Gasteiger partial charge in [-0.3, -0.25) is 19.1 Å². The molecule has 2 aromatic heterocycles. The number of aromatic amines is 1. The molecule has 1 aliphatic rings. The molecular weight excluding hydrogens is 390 g/mol. The van der Waals surface area contributed by atoms with Crippen molar-refractivity contribution >= 4 is 23.0 Å². The number of nitrogens with one attached hydrogen (secondary N) is 3. The van der Waals surface area contributed by atoms with Gasteiger partial charge in [0.15, 0.2) is 5.65 Å². The maximum Gasteiger partial charge on any atom is 0.407 e. The first kappa shape index (κ1) is 21.5. The summed E-state index contributed by atoms with van der Waals surface area (Å²) in [4.78, 5) is 56.1. The second-order valence-electron chi connectivity index (χ2n) is 7.73. The Morgan fingerprint density at radius 1 is 1.27 bits per heavy atom. The van der Waals surface area contributed by atoms with E-state index in [0.717, 1.165) is 12.8 Å². The van der Waals surface area contributed by atoms with Crippen LogP contribution in [0, 0.1) is 5.92 Å². The zero-order chi connectivity index (χ0) is 21.8. The Morgan fingerprint density at radius 3 is 2.60 bits per heavy atom. The molecule has 0 saturated heterocycles. The zero-order valence-corrected chi connectivity index (χ0v) is 17.4. The molecule has 0 aromatic carbocycles. The number of amides is 2. The number of nitrogens with zero attached hydrogens (tertiary/aromatic N) is 2. The quantitative estimate of drug-likeness (QED) is 0.550. The van der Waals surface area contributed by atoms with E-state index in [1.165, 1.54) is 4.57 Å². The standard InChI is InChI=1S/C20H27N5O5/c1-4-30-20(29)22-8-7-21-17(26)13-9-14(12-5-6-12)23-16-15(13)18(27)24-19(28)25(16)10-11(2)3/h9,11-12H,4-8,10H2,1-3H3,(H,21,26)(H,22,29)(H,24,27,28). The largest absolute Gasteiger partial charge is 0.450 e. The van der Waals surface area contributed by atoms with Crippen molar-refractivity contribution in [3.8, 4) is 0 Å². The summed E-state index contributed by atoms with van der Waals surface area (Å²) in [5, 5.41) is 5.31. The van der Waals surface area contributed by atoms with Gasteiger partial charge in [0, 0.05) is 31.2 Å². The van der Waals surface area contributed by atoms with Gasteiger partial charge in [-0.25, -0.2) is 14.6 Å². The number of fused-ring (bicyclic) bond motifs is 1. The molecule has 0 spiro atoms. The second-order valence-corrected chi connectivity index (χ2v) is 7.73. The Balaban J connectivity index is 1.95. The van der Waals surface area contributed by atoms with Gasteiger partial charge in [-0.15, -0.1) is 0 Å². The fraction of sp³-hybridized carbons (Fsp3) is 0.550. The van der Waals surface area contributed by atoms with E-state index in [4.69, 9.17) is 4.74 Å². The van der Waals surface area contributed by atoms with Gasteiger partial charge in [-0.1, -0.05) is 13.8 Å². The summed E-state index contributed by atoms with van der Waals surface area (Å²) < 4.78 is 6.19. The number of carbonyl (C=O) groups is 2. The van der Waals surface area contributed by atoms with Crippen LogP contribution in [0.1, 0.15) is 55.6 Å². The fourth-order valence-corrected chi connectivity index (χ4v) is 3.21. The summed E-state index contributed by atoms with van der Waals surface area (Å²) >= 11 is 0. The number of aromatic nitrogens is 3. The lowest BCUT2D eigenvalue weighted by Crippen LogP contribution is -2.37. The highest BCUT2D eigenvalue weighted by Crippen LogP contribution is 2.39. The molecule has 1 aliphatic carbocycles. The molecule has 0 unspecified atom stereocenters. The van der Waals surface area contributed by atoms with Crippen LogP contribution in [0.15, 0.2) is 15.7 Å². The Hall–Kier alpha value is -3.17. The minimum absolute atomic E-state index is 0.0931. The number of carbonyl (C=O) groups excluding carboxylic acids is 2. The third-order valence-electron chi connectivity index (χ3n) is 4.71. The van der Waals surface area contributed by atoms with E-state index in [0.29, 0.717) is 12.2 Å². The number of alkyl carbamates (subject to hydrolysis) is 1. The molecule has 2 heterocycles. The predicted octanol–water partition coefficient (Wildman–Crippen LogP) is 1.09. The van der Waals surface area contributed by atoms with E-state index in [1.807, 2.05) is 13.8 Å². The molecule has 3 rings (SSSR count). The summed E-state index contributed by atoms with van der Waals surface area (Å²) in [6.07, 6.45) is 1.35. The first-order chi connectivity index (χ1) is 14.3. The predicted molar refractivity (Wildman–Crippen MR) is 111 cm³/mol. The van der Waals surface area contributed by atoms with Crippen LogP contribution < -0.4 is 21.9 Å². The SMILES string of the molecule is CCOC(=O)NCCNC(=O)c1cc(C2CC2)nc2c1c(=O)[nH]c(=O)n2CC(C)C. The lowest BCUT2D eigenvalue weighted by molar-refractivity contribution is 0.0953. The minimum Gasteiger partial charge on any atom is -0.450 e. The van der Waals surface area contributed by atoms with Crippen molar-refractivity contribution in [1.82, 2.24) is 25.2 Å². The lowest BCUT2D eigenvalue weighted by Gasteiger charge is -2.15. The summed E-state index contributed by atoms with van der Waals surface area (Å²) in [6, 6.07) is 1.63. The molecular formula is C20H27N5O5. The van der Waals surface area contributed by atoms with Crippen molar-refractivity contribution in [3.05, 3.63) is 38.2 Å². The van der Waals surface area contributed by atoms with Crippen LogP contribution in [-0.4, -0.2) is 46.2 Å². The van der Waals surface area contributed by atoms with Crippen molar-refractivity contribution in [2.75, 3.05) is 19.7 Å². The molecule has 2 amide bonds. The third kappa shape index (κ3) is 4.87. The highest BCUT2D eigenvalue weighted by molar-refractivity contribution is 6.05. The molecule has 1 saturated carbocycles. The number of rotatable bonds is 8. The van der Waals surface area contributed by atoms with Crippen LogP contribution in [0.4, 0.5) is 4.79 Å².